The van der Waals surface area contributed by atoms with Crippen LogP contribution in [0.2, 0.25) is 0 Å². The topological polar surface area (TPSA) is 66.4 Å². The lowest BCUT2D eigenvalue weighted by molar-refractivity contribution is -0.149. The summed E-state index contributed by atoms with van der Waals surface area (Å²) in [5.41, 5.74) is 1.11. The average Bonchev–Trinajstić information content (AvgIpc) is 2.26. The number of aryl methyl sites for hydroxylation is 1. The first kappa shape index (κ1) is 15.2. The number of hydrogen-bond donors (Lipinski definition) is 2. The average molecular weight is 263 g/mol. The van der Waals surface area contributed by atoms with E-state index in [0.29, 0.717) is 5.69 Å². The molecule has 2 N–H and O–H groups in total. The van der Waals surface area contributed by atoms with Crippen molar-refractivity contribution < 1.29 is 14.7 Å². The number of carbonyl (C=O) groups excluding carboxylic acids is 1. The minimum Gasteiger partial charge on any atom is -0.481 e. The second-order valence-corrected chi connectivity index (χ2v) is 5.68. The predicted octanol–water partition coefficient (Wildman–Crippen LogP) is 2.93. The van der Waals surface area contributed by atoms with E-state index in [-0.39, 0.29) is 0 Å². The van der Waals surface area contributed by atoms with Gasteiger partial charge in [0, 0.05) is 5.69 Å². The Balaban J connectivity index is 2.91. The minimum absolute atomic E-state index is 0.478. The Labute approximate surface area is 113 Å². The third-order valence-corrected chi connectivity index (χ3v) is 2.98. The molecule has 0 bridgehead atoms. The van der Waals surface area contributed by atoms with Crippen molar-refractivity contribution in [3.63, 3.8) is 0 Å². The van der Waals surface area contributed by atoms with E-state index in [1.54, 1.807) is 26.8 Å². The summed E-state index contributed by atoms with van der Waals surface area (Å²) in [5.74, 6) is -2.65. The Kier molecular flexibility index (Phi) is 4.70. The predicted molar refractivity (Wildman–Crippen MR) is 75.0 cm³/mol. The lowest BCUT2D eigenvalue weighted by Gasteiger charge is -2.25. The van der Waals surface area contributed by atoms with Crippen LogP contribution in [0.3, 0.4) is 0 Å². The summed E-state index contributed by atoms with van der Waals surface area (Å²) in [4.78, 5) is 23.3. The summed E-state index contributed by atoms with van der Waals surface area (Å²) in [7, 11) is 0. The smallest absolute Gasteiger partial charge is 0.316 e. The quantitative estimate of drug-likeness (QED) is 0.821. The van der Waals surface area contributed by atoms with Gasteiger partial charge in [-0.25, -0.2) is 0 Å². The molecule has 4 nitrogen and oxygen atoms in total. The summed E-state index contributed by atoms with van der Waals surface area (Å²) in [6, 6.07) is 7.44. The van der Waals surface area contributed by atoms with Gasteiger partial charge in [0.1, 0.15) is 5.92 Å². The van der Waals surface area contributed by atoms with Gasteiger partial charge in [0.2, 0.25) is 5.91 Å². The van der Waals surface area contributed by atoms with Crippen LogP contribution in [0.4, 0.5) is 5.69 Å². The Morgan fingerprint density at radius 2 is 1.95 bits per heavy atom. The van der Waals surface area contributed by atoms with Crippen LogP contribution in [-0.4, -0.2) is 17.0 Å². The number of benzene rings is 1. The van der Waals surface area contributed by atoms with Crippen LogP contribution in [0.1, 0.15) is 33.3 Å². The zero-order valence-electron chi connectivity index (χ0n) is 11.9. The molecule has 1 atom stereocenters. The molecule has 19 heavy (non-hydrogen) atoms. The number of hydrogen-bond acceptors (Lipinski definition) is 2. The number of rotatable bonds is 4. The van der Waals surface area contributed by atoms with Crippen LogP contribution in [0.15, 0.2) is 24.3 Å². The van der Waals surface area contributed by atoms with Crippen molar-refractivity contribution in [3.05, 3.63) is 29.8 Å². The summed E-state index contributed by atoms with van der Waals surface area (Å²) in [6.45, 7) is 7.26. The first-order valence-electron chi connectivity index (χ1n) is 6.38. The molecule has 1 unspecified atom stereocenters. The molecule has 0 heterocycles. The molecule has 104 valence electrons. The highest BCUT2D eigenvalue weighted by Crippen LogP contribution is 2.27. The lowest BCUT2D eigenvalue weighted by Crippen LogP contribution is -2.39. The van der Waals surface area contributed by atoms with Crippen LogP contribution >= 0.6 is 0 Å². The van der Waals surface area contributed by atoms with Crippen molar-refractivity contribution in [2.24, 2.45) is 11.3 Å². The fourth-order valence-electron chi connectivity index (χ4n) is 1.96. The number of anilines is 1. The second-order valence-electron chi connectivity index (χ2n) is 5.68. The van der Waals surface area contributed by atoms with Gasteiger partial charge in [0.25, 0.3) is 0 Å². The van der Waals surface area contributed by atoms with E-state index in [0.717, 1.165) is 12.0 Å². The molecule has 0 radical (unpaired) electrons. The number of carbonyl (C=O) groups is 2. The maximum atomic E-state index is 12.1. The summed E-state index contributed by atoms with van der Waals surface area (Å²) >= 11 is 0. The Hall–Kier alpha value is -1.84. The highest BCUT2D eigenvalue weighted by molar-refractivity contribution is 6.04. The van der Waals surface area contributed by atoms with Gasteiger partial charge in [-0.2, -0.15) is 0 Å². The van der Waals surface area contributed by atoms with Crippen molar-refractivity contribution in [1.29, 1.82) is 0 Å². The van der Waals surface area contributed by atoms with Crippen molar-refractivity contribution in [2.75, 3.05) is 5.32 Å². The van der Waals surface area contributed by atoms with Gasteiger partial charge >= 0.3 is 5.97 Å². The second kappa shape index (κ2) is 5.87. The van der Waals surface area contributed by atoms with Crippen molar-refractivity contribution in [1.82, 2.24) is 0 Å². The monoisotopic (exact) mass is 263 g/mol. The number of amides is 1. The third-order valence-electron chi connectivity index (χ3n) is 2.98. The molecule has 0 fully saturated rings. The van der Waals surface area contributed by atoms with Gasteiger partial charge in [0.05, 0.1) is 0 Å². The molecule has 4 heteroatoms. The third kappa shape index (κ3) is 4.09. The standard InChI is InChI=1S/C15H21NO3/c1-5-10-7-6-8-11(9-10)16-13(17)12(14(18)19)15(2,3)4/h6-9,12H,5H2,1-4H3,(H,16,17)(H,18,19). The fraction of sp³-hybridized carbons (Fsp3) is 0.467. The SMILES string of the molecule is CCc1cccc(NC(=O)C(C(=O)O)C(C)(C)C)c1. The summed E-state index contributed by atoms with van der Waals surface area (Å²) in [6.07, 6.45) is 0.866. The maximum absolute atomic E-state index is 12.1. The number of carboxylic acid groups (broad SMARTS) is 1. The highest BCUT2D eigenvalue weighted by Gasteiger charge is 2.37. The van der Waals surface area contributed by atoms with E-state index in [2.05, 4.69) is 5.32 Å². The number of aliphatic carboxylic acids is 1. The molecule has 0 aliphatic carbocycles. The van der Waals surface area contributed by atoms with Gasteiger partial charge in [0.15, 0.2) is 0 Å². The molecule has 0 spiro atoms. The van der Waals surface area contributed by atoms with Crippen molar-refractivity contribution in [2.45, 2.75) is 34.1 Å². The van der Waals surface area contributed by atoms with E-state index in [9.17, 15) is 14.7 Å². The fourth-order valence-corrected chi connectivity index (χ4v) is 1.96. The maximum Gasteiger partial charge on any atom is 0.316 e. The molecule has 1 aromatic rings. The Morgan fingerprint density at radius 1 is 1.32 bits per heavy atom. The van der Waals surface area contributed by atoms with Gasteiger partial charge in [-0.05, 0) is 29.5 Å². The first-order chi connectivity index (χ1) is 8.75. The Bertz CT molecular complexity index is 475. The van der Waals surface area contributed by atoms with Gasteiger partial charge in [-0.1, -0.05) is 39.8 Å². The highest BCUT2D eigenvalue weighted by atomic mass is 16.4. The molecule has 1 rings (SSSR count). The molecule has 0 aliphatic rings. The molecule has 1 amide bonds. The van der Waals surface area contributed by atoms with E-state index in [1.807, 2.05) is 25.1 Å². The van der Waals surface area contributed by atoms with Gasteiger partial charge < -0.3 is 10.4 Å². The minimum atomic E-state index is -1.10. The largest absolute Gasteiger partial charge is 0.481 e. The Morgan fingerprint density at radius 3 is 2.42 bits per heavy atom. The van der Waals surface area contributed by atoms with Crippen LogP contribution in [0, 0.1) is 11.3 Å². The molecular weight excluding hydrogens is 242 g/mol. The molecule has 0 saturated carbocycles. The van der Waals surface area contributed by atoms with Crippen LogP contribution in [0.25, 0.3) is 0 Å². The van der Waals surface area contributed by atoms with E-state index >= 15 is 0 Å². The van der Waals surface area contributed by atoms with Gasteiger partial charge in [-0.15, -0.1) is 0 Å². The molecule has 1 aromatic carbocycles. The zero-order valence-corrected chi connectivity index (χ0v) is 11.9. The van der Waals surface area contributed by atoms with E-state index < -0.39 is 23.2 Å². The van der Waals surface area contributed by atoms with Crippen molar-refractivity contribution >= 4 is 17.6 Å². The van der Waals surface area contributed by atoms with E-state index in [4.69, 9.17) is 0 Å². The normalized spacial score (nSPS) is 12.8. The summed E-state index contributed by atoms with van der Waals surface area (Å²) < 4.78 is 0. The van der Waals surface area contributed by atoms with Crippen LogP contribution in [-0.2, 0) is 16.0 Å². The first-order valence-corrected chi connectivity index (χ1v) is 6.38. The number of nitrogens with one attached hydrogen (secondary N) is 1. The molecule has 0 saturated heterocycles. The molecule has 0 aliphatic heterocycles. The zero-order chi connectivity index (χ0) is 14.6. The molecular formula is C15H21NO3. The molecule has 0 aromatic heterocycles. The van der Waals surface area contributed by atoms with Crippen LogP contribution < -0.4 is 5.32 Å². The van der Waals surface area contributed by atoms with E-state index in [1.165, 1.54) is 0 Å². The van der Waals surface area contributed by atoms with Crippen LogP contribution in [0.5, 0.6) is 0 Å². The summed E-state index contributed by atoms with van der Waals surface area (Å²) in [5, 5.41) is 11.9. The lowest BCUT2D eigenvalue weighted by atomic mass is 9.80. The van der Waals surface area contributed by atoms with Crippen molar-refractivity contribution in [3.8, 4) is 0 Å². The number of carboxylic acids is 1. The van der Waals surface area contributed by atoms with Gasteiger partial charge in [-0.3, -0.25) is 9.59 Å².